The van der Waals surface area contributed by atoms with Crippen molar-refractivity contribution in [2.45, 2.75) is 26.4 Å². The molecule has 1 amide bonds. The predicted octanol–water partition coefficient (Wildman–Crippen LogP) is 3.03. The predicted molar refractivity (Wildman–Crippen MR) is 88.1 cm³/mol. The standard InChI is InChI=1S/C16H27N3O2/c1-16(2,3)21-15(20)17-13-8-7-9-14(12-13)19(6)11-10-18(4)5/h7-9,12H,10-11H2,1-6H3,(H,17,20). The fourth-order valence-electron chi connectivity index (χ4n) is 1.72. The highest BCUT2D eigenvalue weighted by Crippen LogP contribution is 2.19. The summed E-state index contributed by atoms with van der Waals surface area (Å²) in [5, 5.41) is 2.76. The SMILES string of the molecule is CN(C)CCN(C)c1cccc(NC(=O)OC(C)(C)C)c1. The Hall–Kier alpha value is -1.75. The first-order valence-corrected chi connectivity index (χ1v) is 7.13. The number of ether oxygens (including phenoxy) is 1. The van der Waals surface area contributed by atoms with Crippen LogP contribution < -0.4 is 10.2 Å². The van der Waals surface area contributed by atoms with E-state index in [0.29, 0.717) is 0 Å². The van der Waals surface area contributed by atoms with Crippen molar-refractivity contribution in [2.75, 3.05) is 44.4 Å². The van der Waals surface area contributed by atoms with E-state index in [9.17, 15) is 4.79 Å². The second-order valence-corrected chi connectivity index (χ2v) is 6.40. The first-order valence-electron chi connectivity index (χ1n) is 7.13. The Kier molecular flexibility index (Phi) is 6.03. The molecule has 21 heavy (non-hydrogen) atoms. The largest absolute Gasteiger partial charge is 0.444 e. The zero-order valence-electron chi connectivity index (χ0n) is 13.9. The van der Waals surface area contributed by atoms with Crippen molar-refractivity contribution >= 4 is 17.5 Å². The molecule has 0 unspecified atom stereocenters. The van der Waals surface area contributed by atoms with Crippen molar-refractivity contribution in [3.8, 4) is 0 Å². The molecule has 1 rings (SSSR count). The molecule has 0 aromatic heterocycles. The number of benzene rings is 1. The summed E-state index contributed by atoms with van der Waals surface area (Å²) in [6.07, 6.45) is -0.435. The minimum atomic E-state index is -0.496. The van der Waals surface area contributed by atoms with E-state index in [4.69, 9.17) is 4.74 Å². The highest BCUT2D eigenvalue weighted by atomic mass is 16.6. The summed E-state index contributed by atoms with van der Waals surface area (Å²) in [7, 11) is 6.14. The van der Waals surface area contributed by atoms with Gasteiger partial charge in [0, 0.05) is 31.5 Å². The lowest BCUT2D eigenvalue weighted by Gasteiger charge is -2.23. The van der Waals surface area contributed by atoms with Crippen LogP contribution in [0, 0.1) is 0 Å². The molecule has 1 aromatic carbocycles. The molecule has 0 aliphatic rings. The Bertz CT molecular complexity index is 467. The fraction of sp³-hybridized carbons (Fsp3) is 0.562. The number of hydrogen-bond acceptors (Lipinski definition) is 4. The number of nitrogens with one attached hydrogen (secondary N) is 1. The van der Waals surface area contributed by atoms with Crippen molar-refractivity contribution in [2.24, 2.45) is 0 Å². The van der Waals surface area contributed by atoms with Crippen molar-refractivity contribution in [3.63, 3.8) is 0 Å². The van der Waals surface area contributed by atoms with Crippen LogP contribution in [-0.2, 0) is 4.74 Å². The van der Waals surface area contributed by atoms with Crippen LogP contribution >= 0.6 is 0 Å². The Morgan fingerprint density at radius 1 is 1.19 bits per heavy atom. The van der Waals surface area contributed by atoms with Gasteiger partial charge in [0.25, 0.3) is 0 Å². The Labute approximate surface area is 127 Å². The van der Waals surface area contributed by atoms with Gasteiger partial charge in [0.05, 0.1) is 0 Å². The number of amides is 1. The maximum Gasteiger partial charge on any atom is 0.412 e. The molecule has 118 valence electrons. The van der Waals surface area contributed by atoms with Crippen molar-refractivity contribution in [1.82, 2.24) is 4.90 Å². The molecular weight excluding hydrogens is 266 g/mol. The second kappa shape index (κ2) is 7.31. The maximum absolute atomic E-state index is 11.8. The summed E-state index contributed by atoms with van der Waals surface area (Å²) >= 11 is 0. The highest BCUT2D eigenvalue weighted by Gasteiger charge is 2.16. The zero-order valence-corrected chi connectivity index (χ0v) is 13.9. The average molecular weight is 293 g/mol. The van der Waals surface area contributed by atoms with Gasteiger partial charge in [-0.15, -0.1) is 0 Å². The van der Waals surface area contributed by atoms with E-state index in [0.717, 1.165) is 24.5 Å². The van der Waals surface area contributed by atoms with E-state index in [2.05, 4.69) is 15.1 Å². The van der Waals surface area contributed by atoms with Gasteiger partial charge in [0.15, 0.2) is 0 Å². The molecule has 0 radical (unpaired) electrons. The van der Waals surface area contributed by atoms with Gasteiger partial charge in [-0.1, -0.05) is 6.07 Å². The molecule has 0 bridgehead atoms. The van der Waals surface area contributed by atoms with E-state index in [1.54, 1.807) is 0 Å². The van der Waals surface area contributed by atoms with Crippen LogP contribution in [0.2, 0.25) is 0 Å². The Morgan fingerprint density at radius 3 is 2.43 bits per heavy atom. The van der Waals surface area contributed by atoms with Crippen LogP contribution in [0.15, 0.2) is 24.3 Å². The van der Waals surface area contributed by atoms with Gasteiger partial charge >= 0.3 is 6.09 Å². The number of likely N-dealkylation sites (N-methyl/N-ethyl adjacent to an activating group) is 2. The second-order valence-electron chi connectivity index (χ2n) is 6.40. The van der Waals surface area contributed by atoms with E-state index in [1.165, 1.54) is 0 Å². The summed E-state index contributed by atoms with van der Waals surface area (Å²) in [5.74, 6) is 0. The summed E-state index contributed by atoms with van der Waals surface area (Å²) in [6, 6.07) is 7.75. The molecule has 0 fully saturated rings. The molecule has 0 spiro atoms. The van der Waals surface area contributed by atoms with E-state index in [-0.39, 0.29) is 0 Å². The van der Waals surface area contributed by atoms with E-state index >= 15 is 0 Å². The molecule has 0 aliphatic heterocycles. The van der Waals surface area contributed by atoms with Crippen LogP contribution in [0.25, 0.3) is 0 Å². The van der Waals surface area contributed by atoms with Crippen molar-refractivity contribution in [3.05, 3.63) is 24.3 Å². The summed E-state index contributed by atoms with van der Waals surface area (Å²) in [5.41, 5.74) is 1.30. The molecule has 1 aromatic rings. The Balaban J connectivity index is 2.65. The third-order valence-electron chi connectivity index (χ3n) is 2.81. The lowest BCUT2D eigenvalue weighted by atomic mass is 10.2. The van der Waals surface area contributed by atoms with Crippen LogP contribution in [0.5, 0.6) is 0 Å². The molecule has 0 heterocycles. The molecule has 0 aliphatic carbocycles. The van der Waals surface area contributed by atoms with Crippen LogP contribution in [0.4, 0.5) is 16.2 Å². The average Bonchev–Trinajstić information content (AvgIpc) is 2.33. The van der Waals surface area contributed by atoms with E-state index in [1.807, 2.05) is 66.2 Å². The molecule has 5 heteroatoms. The number of carbonyl (C=O) groups is 1. The zero-order chi connectivity index (χ0) is 16.0. The number of anilines is 2. The van der Waals surface area contributed by atoms with Gasteiger partial charge in [-0.3, -0.25) is 5.32 Å². The minimum Gasteiger partial charge on any atom is -0.444 e. The quantitative estimate of drug-likeness (QED) is 0.906. The molecule has 1 N–H and O–H groups in total. The van der Waals surface area contributed by atoms with Gasteiger partial charge in [0.1, 0.15) is 5.60 Å². The van der Waals surface area contributed by atoms with Gasteiger partial charge in [-0.2, -0.15) is 0 Å². The van der Waals surface area contributed by atoms with Crippen LogP contribution in [0.3, 0.4) is 0 Å². The summed E-state index contributed by atoms with van der Waals surface area (Å²) in [6.45, 7) is 7.43. The molecule has 0 saturated heterocycles. The summed E-state index contributed by atoms with van der Waals surface area (Å²) in [4.78, 5) is 16.1. The molecular formula is C16H27N3O2. The molecule has 0 atom stereocenters. The third-order valence-corrected chi connectivity index (χ3v) is 2.81. The van der Waals surface area contributed by atoms with Gasteiger partial charge < -0.3 is 14.5 Å². The topological polar surface area (TPSA) is 44.8 Å². The van der Waals surface area contributed by atoms with Crippen molar-refractivity contribution < 1.29 is 9.53 Å². The fourth-order valence-corrected chi connectivity index (χ4v) is 1.72. The third kappa shape index (κ3) is 6.99. The molecule has 5 nitrogen and oxygen atoms in total. The van der Waals surface area contributed by atoms with Gasteiger partial charge in [0.2, 0.25) is 0 Å². The lowest BCUT2D eigenvalue weighted by molar-refractivity contribution is 0.0636. The van der Waals surface area contributed by atoms with Crippen LogP contribution in [-0.4, -0.2) is 50.8 Å². The number of rotatable bonds is 5. The first kappa shape index (κ1) is 17.3. The van der Waals surface area contributed by atoms with E-state index < -0.39 is 11.7 Å². The van der Waals surface area contributed by atoms with Gasteiger partial charge in [-0.05, 0) is 53.1 Å². The number of hydrogen-bond donors (Lipinski definition) is 1. The molecule has 0 saturated carbocycles. The number of nitrogens with zero attached hydrogens (tertiary/aromatic N) is 2. The number of carbonyl (C=O) groups excluding carboxylic acids is 1. The normalized spacial score (nSPS) is 11.4. The smallest absolute Gasteiger partial charge is 0.412 e. The van der Waals surface area contributed by atoms with Gasteiger partial charge in [-0.25, -0.2) is 4.79 Å². The Morgan fingerprint density at radius 2 is 1.86 bits per heavy atom. The monoisotopic (exact) mass is 293 g/mol. The minimum absolute atomic E-state index is 0.435. The van der Waals surface area contributed by atoms with Crippen LogP contribution in [0.1, 0.15) is 20.8 Å². The van der Waals surface area contributed by atoms with Crippen molar-refractivity contribution in [1.29, 1.82) is 0 Å². The summed E-state index contributed by atoms with van der Waals surface area (Å²) < 4.78 is 5.25. The highest BCUT2D eigenvalue weighted by molar-refractivity contribution is 5.85. The lowest BCUT2D eigenvalue weighted by Crippen LogP contribution is -2.29. The maximum atomic E-state index is 11.8. The first-order chi connectivity index (χ1) is 9.67.